The summed E-state index contributed by atoms with van der Waals surface area (Å²) in [6.45, 7) is 6.54. The zero-order valence-electron chi connectivity index (χ0n) is 17.2. The molecule has 0 unspecified atom stereocenters. The van der Waals surface area contributed by atoms with E-state index < -0.39 is 0 Å². The van der Waals surface area contributed by atoms with Gasteiger partial charge in [-0.3, -0.25) is 19.3 Å². The number of carbonyl (C=O) groups is 3. The molecule has 1 N–H and O–H groups in total. The Kier molecular flexibility index (Phi) is 6.53. The molecular weight excluding hydrogens is 352 g/mol. The highest BCUT2D eigenvalue weighted by Gasteiger charge is 2.47. The first-order valence-electron chi connectivity index (χ1n) is 10.6. The second kappa shape index (κ2) is 8.89. The minimum absolute atomic E-state index is 0.0729. The summed E-state index contributed by atoms with van der Waals surface area (Å²) in [5, 5.41) is 2.98. The first-order chi connectivity index (χ1) is 13.4. The van der Waals surface area contributed by atoms with Crippen molar-refractivity contribution in [1.82, 2.24) is 10.2 Å². The third-order valence-corrected chi connectivity index (χ3v) is 6.00. The molecule has 2 aliphatic rings. The Labute approximate surface area is 167 Å². The van der Waals surface area contributed by atoms with Crippen molar-refractivity contribution in [1.29, 1.82) is 0 Å². The number of likely N-dealkylation sites (tertiary alicyclic amines) is 1. The number of imide groups is 1. The van der Waals surface area contributed by atoms with Crippen LogP contribution >= 0.6 is 0 Å². The molecule has 1 aliphatic heterocycles. The Morgan fingerprint density at radius 1 is 1.04 bits per heavy atom. The van der Waals surface area contributed by atoms with Gasteiger partial charge in [-0.25, -0.2) is 0 Å². The van der Waals surface area contributed by atoms with E-state index in [1.54, 1.807) is 0 Å². The minimum atomic E-state index is -0.146. The molecule has 5 nitrogen and oxygen atoms in total. The third kappa shape index (κ3) is 4.62. The van der Waals surface area contributed by atoms with E-state index in [-0.39, 0.29) is 48.6 Å². The molecule has 1 aromatic carbocycles. The molecule has 0 radical (unpaired) electrons. The number of benzene rings is 1. The second-order valence-electron chi connectivity index (χ2n) is 8.70. The minimum Gasteiger partial charge on any atom is -0.350 e. The van der Waals surface area contributed by atoms with Gasteiger partial charge in [0, 0.05) is 13.0 Å². The molecule has 28 heavy (non-hydrogen) atoms. The molecule has 152 valence electrons. The second-order valence-corrected chi connectivity index (χ2v) is 8.70. The van der Waals surface area contributed by atoms with Crippen LogP contribution in [0.3, 0.4) is 0 Å². The molecular formula is C23H32N2O3. The maximum atomic E-state index is 12.5. The summed E-state index contributed by atoms with van der Waals surface area (Å²) in [4.78, 5) is 38.7. The predicted molar refractivity (Wildman–Crippen MR) is 108 cm³/mol. The number of carbonyl (C=O) groups excluding carboxylic acids is 3. The van der Waals surface area contributed by atoms with Crippen LogP contribution in [-0.2, 0) is 20.8 Å². The SMILES string of the molecule is CC(C)Cc1ccc([C@@H](C)NC(=O)CCN2C(=O)[C@H]3CCCC[C@@H]3C2=O)cc1. The molecule has 5 heteroatoms. The van der Waals surface area contributed by atoms with Crippen LogP contribution in [0.15, 0.2) is 24.3 Å². The number of hydrogen-bond acceptors (Lipinski definition) is 3. The summed E-state index contributed by atoms with van der Waals surface area (Å²) < 4.78 is 0. The number of fused-ring (bicyclic) bond motifs is 1. The summed E-state index contributed by atoms with van der Waals surface area (Å²) in [6, 6.07) is 8.23. The molecule has 3 rings (SSSR count). The fraction of sp³-hybridized carbons (Fsp3) is 0.609. The van der Waals surface area contributed by atoms with Crippen LogP contribution in [0.1, 0.15) is 70.0 Å². The van der Waals surface area contributed by atoms with Crippen LogP contribution in [0.4, 0.5) is 0 Å². The third-order valence-electron chi connectivity index (χ3n) is 6.00. The van der Waals surface area contributed by atoms with Gasteiger partial charge in [0.25, 0.3) is 0 Å². The highest BCUT2D eigenvalue weighted by Crippen LogP contribution is 2.37. The summed E-state index contributed by atoms with van der Waals surface area (Å²) >= 11 is 0. The average molecular weight is 385 g/mol. The van der Waals surface area contributed by atoms with Crippen molar-refractivity contribution in [3.05, 3.63) is 35.4 Å². The van der Waals surface area contributed by atoms with Gasteiger partial charge in [-0.2, -0.15) is 0 Å². The summed E-state index contributed by atoms with van der Waals surface area (Å²) in [7, 11) is 0. The summed E-state index contributed by atoms with van der Waals surface area (Å²) in [5.74, 6) is 0.0461. The smallest absolute Gasteiger partial charge is 0.233 e. The van der Waals surface area contributed by atoms with Gasteiger partial charge in [0.2, 0.25) is 17.7 Å². The lowest BCUT2D eigenvalue weighted by molar-refractivity contribution is -0.140. The van der Waals surface area contributed by atoms with Gasteiger partial charge in [0.1, 0.15) is 0 Å². The van der Waals surface area contributed by atoms with Crippen molar-refractivity contribution >= 4 is 17.7 Å². The highest BCUT2D eigenvalue weighted by atomic mass is 16.2. The van der Waals surface area contributed by atoms with E-state index in [4.69, 9.17) is 0 Å². The van der Waals surface area contributed by atoms with E-state index in [1.165, 1.54) is 10.5 Å². The summed E-state index contributed by atoms with van der Waals surface area (Å²) in [6.07, 6.45) is 4.85. The predicted octanol–water partition coefficient (Wildman–Crippen LogP) is 3.63. The van der Waals surface area contributed by atoms with Crippen LogP contribution in [0, 0.1) is 17.8 Å². The molecule has 1 aliphatic carbocycles. The Morgan fingerprint density at radius 2 is 1.61 bits per heavy atom. The van der Waals surface area contributed by atoms with E-state index in [2.05, 4.69) is 43.4 Å². The monoisotopic (exact) mass is 384 g/mol. The van der Waals surface area contributed by atoms with E-state index in [0.717, 1.165) is 37.7 Å². The zero-order chi connectivity index (χ0) is 20.3. The molecule has 1 aromatic rings. The molecule has 0 bridgehead atoms. The quantitative estimate of drug-likeness (QED) is 0.730. The Balaban J connectivity index is 1.50. The normalized spacial score (nSPS) is 23.1. The first-order valence-corrected chi connectivity index (χ1v) is 10.6. The van der Waals surface area contributed by atoms with Crippen molar-refractivity contribution < 1.29 is 14.4 Å². The van der Waals surface area contributed by atoms with Crippen LogP contribution < -0.4 is 5.32 Å². The van der Waals surface area contributed by atoms with Crippen LogP contribution in [0.25, 0.3) is 0 Å². The number of nitrogens with one attached hydrogen (secondary N) is 1. The van der Waals surface area contributed by atoms with Gasteiger partial charge in [-0.15, -0.1) is 0 Å². The van der Waals surface area contributed by atoms with Gasteiger partial charge in [0.05, 0.1) is 17.9 Å². The Morgan fingerprint density at radius 3 is 2.14 bits per heavy atom. The lowest BCUT2D eigenvalue weighted by atomic mass is 9.81. The van der Waals surface area contributed by atoms with E-state index >= 15 is 0 Å². The molecule has 3 amide bonds. The fourth-order valence-electron chi connectivity index (χ4n) is 4.48. The number of amides is 3. The average Bonchev–Trinajstić information content (AvgIpc) is 2.91. The lowest BCUT2D eigenvalue weighted by Crippen LogP contribution is -2.36. The Hall–Kier alpha value is -2.17. The Bertz CT molecular complexity index is 702. The largest absolute Gasteiger partial charge is 0.350 e. The molecule has 2 fully saturated rings. The molecule has 1 heterocycles. The standard InChI is InChI=1S/C23H32N2O3/c1-15(2)14-17-8-10-18(11-9-17)16(3)24-21(26)12-13-25-22(27)19-6-4-5-7-20(19)23(25)28/h8-11,15-16,19-20H,4-7,12-14H2,1-3H3,(H,24,26)/t16-,19+,20+/m1/s1. The van der Waals surface area contributed by atoms with Crippen LogP contribution in [0.2, 0.25) is 0 Å². The van der Waals surface area contributed by atoms with Gasteiger partial charge >= 0.3 is 0 Å². The topological polar surface area (TPSA) is 66.5 Å². The maximum absolute atomic E-state index is 12.5. The van der Waals surface area contributed by atoms with Gasteiger partial charge in [-0.1, -0.05) is 51.0 Å². The number of rotatable bonds is 7. The molecule has 1 saturated carbocycles. The number of hydrogen-bond donors (Lipinski definition) is 1. The fourth-order valence-corrected chi connectivity index (χ4v) is 4.48. The highest BCUT2D eigenvalue weighted by molar-refractivity contribution is 6.05. The lowest BCUT2D eigenvalue weighted by Gasteiger charge is -2.19. The maximum Gasteiger partial charge on any atom is 0.233 e. The van der Waals surface area contributed by atoms with Crippen molar-refractivity contribution in [2.75, 3.05) is 6.54 Å². The van der Waals surface area contributed by atoms with Crippen molar-refractivity contribution in [2.45, 2.75) is 65.3 Å². The van der Waals surface area contributed by atoms with Crippen molar-refractivity contribution in [3.63, 3.8) is 0 Å². The van der Waals surface area contributed by atoms with Gasteiger partial charge in [0.15, 0.2) is 0 Å². The van der Waals surface area contributed by atoms with E-state index in [9.17, 15) is 14.4 Å². The molecule has 3 atom stereocenters. The van der Waals surface area contributed by atoms with E-state index in [0.29, 0.717) is 5.92 Å². The first kappa shape index (κ1) is 20.6. The van der Waals surface area contributed by atoms with Crippen molar-refractivity contribution in [3.8, 4) is 0 Å². The number of nitrogens with zero attached hydrogens (tertiary/aromatic N) is 1. The van der Waals surface area contributed by atoms with Crippen LogP contribution in [0.5, 0.6) is 0 Å². The van der Waals surface area contributed by atoms with Crippen LogP contribution in [-0.4, -0.2) is 29.2 Å². The van der Waals surface area contributed by atoms with Gasteiger partial charge in [-0.05, 0) is 43.2 Å². The van der Waals surface area contributed by atoms with Gasteiger partial charge < -0.3 is 5.32 Å². The molecule has 0 aromatic heterocycles. The van der Waals surface area contributed by atoms with E-state index in [1.807, 2.05) is 6.92 Å². The summed E-state index contributed by atoms with van der Waals surface area (Å²) in [5.41, 5.74) is 2.35. The van der Waals surface area contributed by atoms with Crippen molar-refractivity contribution in [2.24, 2.45) is 17.8 Å². The zero-order valence-corrected chi connectivity index (χ0v) is 17.2. The molecule has 0 spiro atoms. The molecule has 1 saturated heterocycles.